The van der Waals surface area contributed by atoms with Crippen molar-refractivity contribution in [3.05, 3.63) is 0 Å². The van der Waals surface area contributed by atoms with E-state index in [9.17, 15) is 25.9 Å². The van der Waals surface area contributed by atoms with Gasteiger partial charge in [-0.05, 0) is 0 Å². The molecule has 13 heteroatoms. The molecule has 0 heterocycles. The Balaban J connectivity index is -0.000000135. The molecule has 0 spiro atoms. The minimum Gasteiger partial charge on any atom is -0.724 e. The summed E-state index contributed by atoms with van der Waals surface area (Å²) in [6.45, 7) is 0. The molecule has 0 bridgehead atoms. The van der Waals surface area contributed by atoms with Gasteiger partial charge in [-0.15, -0.1) is 8.67 Å². The number of hydrogen-bond acceptors (Lipinski definition) is 9. The van der Waals surface area contributed by atoms with Crippen molar-refractivity contribution in [3.8, 4) is 0 Å². The molecule has 0 radical (unpaired) electrons. The predicted octanol–water partition coefficient (Wildman–Crippen LogP) is -7.97. The van der Waals surface area contributed by atoms with E-state index < -0.39 is 20.8 Å². The van der Waals surface area contributed by atoms with Crippen molar-refractivity contribution >= 4 is 20.8 Å². The van der Waals surface area contributed by atoms with Gasteiger partial charge in [0.05, 0.1) is 0 Å². The van der Waals surface area contributed by atoms with Gasteiger partial charge < -0.3 is 15.3 Å². The van der Waals surface area contributed by atoms with Gasteiger partial charge in [0, 0.05) is 0 Å². The third-order valence-corrected chi connectivity index (χ3v) is 0.750. The van der Waals surface area contributed by atoms with E-state index in [-0.39, 0.29) is 65.3 Å². The van der Waals surface area contributed by atoms with Crippen LogP contribution in [0.1, 0.15) is 0 Å². The molecule has 13 heavy (non-hydrogen) atoms. The second-order valence-electron chi connectivity index (χ2n) is 0.953. The monoisotopic (exact) mass is 255 g/mol. The van der Waals surface area contributed by atoms with E-state index in [0.29, 0.717) is 0 Å². The van der Waals surface area contributed by atoms with Gasteiger partial charge in [0.15, 0.2) is 0 Å². The zero-order chi connectivity index (χ0) is 8.41. The van der Waals surface area contributed by atoms with E-state index in [0.717, 1.165) is 0 Å². The molecule has 0 aromatic heterocycles. The van der Waals surface area contributed by atoms with Crippen molar-refractivity contribution < 1.29 is 93.7 Å². The first-order valence-electron chi connectivity index (χ1n) is 1.50. The van der Waals surface area contributed by atoms with Gasteiger partial charge in [-0.3, -0.25) is 0 Å². The topological polar surface area (TPSA) is 168 Å². The van der Waals surface area contributed by atoms with Gasteiger partial charge in [0.2, 0.25) is 20.8 Å². The minimum absolute atomic E-state index is 0. The van der Waals surface area contributed by atoms with Crippen LogP contribution in [-0.4, -0.2) is 25.9 Å². The van der Waals surface area contributed by atoms with Gasteiger partial charge in [0.25, 0.3) is 0 Å². The maximum atomic E-state index is 9.37. The third-order valence-electron chi connectivity index (χ3n) is 0.194. The Labute approximate surface area is 119 Å². The summed E-state index contributed by atoms with van der Waals surface area (Å²) in [6.07, 6.45) is 0. The predicted molar refractivity (Wildman–Crippen MR) is 26.6 cm³/mol. The van der Waals surface area contributed by atoms with E-state index >= 15 is 0 Å². The molecule has 9 nitrogen and oxygen atoms in total. The average Bonchev–Trinajstić information content (AvgIpc) is 1.57. The second kappa shape index (κ2) is 8.96. The molecule has 0 aliphatic carbocycles. The molecule has 0 fully saturated rings. The van der Waals surface area contributed by atoms with Crippen molar-refractivity contribution in [1.29, 1.82) is 0 Å². The molecule has 70 valence electrons. The Bertz CT molecular complexity index is 256. The van der Waals surface area contributed by atoms with Crippen LogP contribution in [0.25, 0.3) is 0 Å². The summed E-state index contributed by atoms with van der Waals surface area (Å²) >= 11 is 0. The van der Waals surface area contributed by atoms with Gasteiger partial charge in [-0.2, -0.15) is 0 Å². The molecule has 0 rings (SSSR count). The second-order valence-corrected chi connectivity index (χ2v) is 2.86. The smallest absolute Gasteiger partial charge is 0.724 e. The van der Waals surface area contributed by atoms with Crippen LogP contribution in [0.3, 0.4) is 0 Å². The summed E-state index contributed by atoms with van der Waals surface area (Å²) < 4.78 is 61.5. The normalized spacial score (nSPS) is 10.3. The Morgan fingerprint density at radius 1 is 0.769 bits per heavy atom. The molecular weight excluding hydrogens is 252 g/mol. The van der Waals surface area contributed by atoms with Crippen LogP contribution in [-0.2, 0) is 29.5 Å². The standard InChI is InChI=1S/H3N.2Na.H2O8S2/c;;;1-9(2,3)7-8-10(4,5)6/h1H3;;;(H,1,2,3)(H,4,5,6)/q;2*+1;/p-2. The number of rotatable bonds is 3. The van der Waals surface area contributed by atoms with E-state index in [1.54, 1.807) is 0 Å². The first-order chi connectivity index (χ1) is 4.21. The van der Waals surface area contributed by atoms with Crippen LogP contribution in [0.2, 0.25) is 0 Å². The zero-order valence-corrected chi connectivity index (χ0v) is 12.4. The molecule has 0 aliphatic rings. The first kappa shape index (κ1) is 24.1. The van der Waals surface area contributed by atoms with Crippen LogP contribution in [0.15, 0.2) is 0 Å². The maximum absolute atomic E-state index is 9.37. The van der Waals surface area contributed by atoms with Crippen LogP contribution in [0.5, 0.6) is 0 Å². The van der Waals surface area contributed by atoms with Crippen molar-refractivity contribution in [2.24, 2.45) is 0 Å². The van der Waals surface area contributed by atoms with E-state index in [2.05, 4.69) is 8.67 Å². The van der Waals surface area contributed by atoms with Crippen LogP contribution >= 0.6 is 0 Å². The minimum atomic E-state index is -5.31. The molecular formula is H3NNa2O8S2. The van der Waals surface area contributed by atoms with Crippen molar-refractivity contribution in [1.82, 2.24) is 6.15 Å². The van der Waals surface area contributed by atoms with E-state index in [4.69, 9.17) is 0 Å². The summed E-state index contributed by atoms with van der Waals surface area (Å²) in [5.74, 6) is 0. The first-order valence-corrected chi connectivity index (χ1v) is 4.17. The third kappa shape index (κ3) is 24.8. The molecule has 0 aromatic carbocycles. The van der Waals surface area contributed by atoms with Gasteiger partial charge in [-0.25, -0.2) is 16.8 Å². The molecule has 0 amide bonds. The summed E-state index contributed by atoms with van der Waals surface area (Å²) in [7, 11) is -10.6. The van der Waals surface area contributed by atoms with E-state index in [1.165, 1.54) is 0 Å². The Kier molecular flexibility index (Phi) is 16.6. The molecule has 0 aliphatic heterocycles. The fourth-order valence-electron chi connectivity index (χ4n) is 0.0680. The Hall–Kier alpha value is 1.70. The molecule has 3 N–H and O–H groups in total. The van der Waals surface area contributed by atoms with E-state index in [1.807, 2.05) is 0 Å². The Morgan fingerprint density at radius 3 is 1.00 bits per heavy atom. The molecule has 0 atom stereocenters. The maximum Gasteiger partial charge on any atom is 1.00 e. The number of hydrogen-bond donors (Lipinski definition) is 1. The van der Waals surface area contributed by atoms with Gasteiger partial charge in [-0.1, -0.05) is 0 Å². The zero-order valence-electron chi connectivity index (χ0n) is 6.79. The van der Waals surface area contributed by atoms with Crippen LogP contribution < -0.4 is 65.3 Å². The Morgan fingerprint density at radius 2 is 0.923 bits per heavy atom. The van der Waals surface area contributed by atoms with Crippen LogP contribution in [0.4, 0.5) is 0 Å². The van der Waals surface area contributed by atoms with Crippen molar-refractivity contribution in [2.45, 2.75) is 0 Å². The SMILES string of the molecule is N.O=S(=O)([O-])OOS(=O)(=O)[O-].[Na+].[Na+]. The largest absolute Gasteiger partial charge is 1.00 e. The van der Waals surface area contributed by atoms with Gasteiger partial charge in [0.1, 0.15) is 0 Å². The quantitative estimate of drug-likeness (QED) is 0.169. The fraction of sp³-hybridized carbons (Fsp3) is 0. The fourth-order valence-corrected chi connectivity index (χ4v) is 0.612. The summed E-state index contributed by atoms with van der Waals surface area (Å²) in [6, 6.07) is 0. The average molecular weight is 255 g/mol. The molecule has 0 saturated carbocycles. The summed E-state index contributed by atoms with van der Waals surface area (Å²) in [5, 5.41) is 0. The van der Waals surface area contributed by atoms with Crippen molar-refractivity contribution in [2.75, 3.05) is 0 Å². The summed E-state index contributed by atoms with van der Waals surface area (Å²) in [4.78, 5) is 0. The summed E-state index contributed by atoms with van der Waals surface area (Å²) in [5.41, 5.74) is 0. The molecule has 0 saturated heterocycles. The van der Waals surface area contributed by atoms with Crippen molar-refractivity contribution in [3.63, 3.8) is 0 Å². The van der Waals surface area contributed by atoms with Gasteiger partial charge >= 0.3 is 59.1 Å². The van der Waals surface area contributed by atoms with Crippen LogP contribution in [0, 0.1) is 0 Å². The molecule has 0 unspecified atom stereocenters. The molecule has 0 aromatic rings.